The number of alkyl halides is 2. The summed E-state index contributed by atoms with van der Waals surface area (Å²) in [7, 11) is 0. The number of ether oxygens (including phenoxy) is 1. The Balaban J connectivity index is 2.71. The van der Waals surface area contributed by atoms with Crippen molar-refractivity contribution in [3.8, 4) is 5.88 Å². The van der Waals surface area contributed by atoms with E-state index >= 15 is 0 Å². The summed E-state index contributed by atoms with van der Waals surface area (Å²) in [6, 6.07) is 0. The molecule has 0 N–H and O–H groups in total. The molecule has 1 aromatic heterocycles. The summed E-state index contributed by atoms with van der Waals surface area (Å²) >= 11 is 5.33. The van der Waals surface area contributed by atoms with Crippen LogP contribution in [0.15, 0.2) is 12.4 Å². The van der Waals surface area contributed by atoms with Gasteiger partial charge in [0.2, 0.25) is 5.88 Å². The minimum Gasteiger partial charge on any atom is -0.415 e. The van der Waals surface area contributed by atoms with Crippen LogP contribution < -0.4 is 4.74 Å². The number of hydrogen-bond acceptors (Lipinski definition) is 3. The van der Waals surface area contributed by atoms with E-state index in [2.05, 4.69) is 14.7 Å². The van der Waals surface area contributed by atoms with E-state index in [1.165, 1.54) is 6.20 Å². The normalized spacial score (nSPS) is 10.2. The van der Waals surface area contributed by atoms with Crippen molar-refractivity contribution in [3.05, 3.63) is 17.5 Å². The zero-order valence-electron chi connectivity index (χ0n) is 5.17. The highest BCUT2D eigenvalue weighted by molar-refractivity contribution is 6.29. The number of nitrogens with zero attached hydrogens (tertiary/aromatic N) is 2. The molecule has 0 aromatic carbocycles. The van der Waals surface area contributed by atoms with Crippen LogP contribution in [0.3, 0.4) is 0 Å². The summed E-state index contributed by atoms with van der Waals surface area (Å²) in [5.41, 5.74) is 0. The molecule has 11 heavy (non-hydrogen) atoms. The lowest BCUT2D eigenvalue weighted by Crippen LogP contribution is -2.03. The lowest BCUT2D eigenvalue weighted by atomic mass is 10.7. The molecular formula is C5H3ClF2N2O. The Morgan fingerprint density at radius 1 is 1.45 bits per heavy atom. The van der Waals surface area contributed by atoms with Gasteiger partial charge in [-0.15, -0.1) is 0 Å². The summed E-state index contributed by atoms with van der Waals surface area (Å²) in [5.74, 6) is -0.285. The van der Waals surface area contributed by atoms with E-state index in [0.717, 1.165) is 6.20 Å². The third-order valence-corrected chi connectivity index (χ3v) is 0.975. The Bertz CT molecular complexity index is 246. The fraction of sp³-hybridized carbons (Fsp3) is 0.200. The van der Waals surface area contributed by atoms with Crippen molar-refractivity contribution < 1.29 is 13.5 Å². The topological polar surface area (TPSA) is 35.0 Å². The summed E-state index contributed by atoms with van der Waals surface area (Å²) in [5, 5.41) is 0.0168. The molecule has 0 amide bonds. The van der Waals surface area contributed by atoms with E-state index in [-0.39, 0.29) is 11.0 Å². The predicted molar refractivity (Wildman–Crippen MR) is 33.7 cm³/mol. The third-order valence-electron chi connectivity index (χ3n) is 0.793. The van der Waals surface area contributed by atoms with Crippen molar-refractivity contribution in [2.24, 2.45) is 0 Å². The highest BCUT2D eigenvalue weighted by Crippen LogP contribution is 2.11. The molecule has 0 radical (unpaired) electrons. The first-order valence-electron chi connectivity index (χ1n) is 2.61. The fourth-order valence-corrected chi connectivity index (χ4v) is 0.613. The van der Waals surface area contributed by atoms with Gasteiger partial charge < -0.3 is 4.74 Å². The number of aromatic nitrogens is 2. The summed E-state index contributed by atoms with van der Waals surface area (Å²) in [6.07, 6.45) is 2.28. The molecule has 60 valence electrons. The van der Waals surface area contributed by atoms with Crippen molar-refractivity contribution in [1.82, 2.24) is 9.97 Å². The van der Waals surface area contributed by atoms with Crippen LogP contribution in [0.4, 0.5) is 8.78 Å². The molecule has 0 aliphatic rings. The van der Waals surface area contributed by atoms with Crippen molar-refractivity contribution in [2.75, 3.05) is 0 Å². The lowest BCUT2D eigenvalue weighted by Gasteiger charge is -2.00. The molecule has 1 rings (SSSR count). The molecule has 0 saturated heterocycles. The maximum absolute atomic E-state index is 11.5. The Morgan fingerprint density at radius 2 is 2.18 bits per heavy atom. The van der Waals surface area contributed by atoms with Gasteiger partial charge in [-0.25, -0.2) is 0 Å². The average molecular weight is 181 g/mol. The first-order chi connectivity index (χ1) is 5.18. The minimum atomic E-state index is -2.90. The highest BCUT2D eigenvalue weighted by atomic mass is 35.5. The van der Waals surface area contributed by atoms with Crippen molar-refractivity contribution in [3.63, 3.8) is 0 Å². The van der Waals surface area contributed by atoms with E-state index in [0.29, 0.717) is 0 Å². The molecule has 0 unspecified atom stereocenters. The SMILES string of the molecule is FC(F)Oc1cncc(Cl)n1. The van der Waals surface area contributed by atoms with Crippen LogP contribution >= 0.6 is 11.6 Å². The number of hydrogen-bond donors (Lipinski definition) is 0. The quantitative estimate of drug-likeness (QED) is 0.695. The zero-order valence-corrected chi connectivity index (χ0v) is 5.92. The Morgan fingerprint density at radius 3 is 2.73 bits per heavy atom. The first kappa shape index (κ1) is 8.13. The summed E-state index contributed by atoms with van der Waals surface area (Å²) in [6.45, 7) is -2.90. The summed E-state index contributed by atoms with van der Waals surface area (Å²) < 4.78 is 26.9. The van der Waals surface area contributed by atoms with E-state index in [1.807, 2.05) is 0 Å². The van der Waals surface area contributed by atoms with Crippen LogP contribution in [-0.4, -0.2) is 16.6 Å². The molecule has 0 bridgehead atoms. The van der Waals surface area contributed by atoms with Gasteiger partial charge in [-0.2, -0.15) is 13.8 Å². The number of rotatable bonds is 2. The minimum absolute atomic E-state index is 0.0168. The monoisotopic (exact) mass is 180 g/mol. The molecule has 0 atom stereocenters. The van der Waals surface area contributed by atoms with Crippen LogP contribution in [0.2, 0.25) is 5.15 Å². The van der Waals surface area contributed by atoms with Crippen LogP contribution in [-0.2, 0) is 0 Å². The molecule has 1 heterocycles. The largest absolute Gasteiger partial charge is 0.415 e. The van der Waals surface area contributed by atoms with Gasteiger partial charge in [0.05, 0.1) is 12.4 Å². The molecule has 3 nitrogen and oxygen atoms in total. The number of halogens is 3. The van der Waals surface area contributed by atoms with Gasteiger partial charge >= 0.3 is 6.61 Å². The Labute approximate surface area is 66.0 Å². The van der Waals surface area contributed by atoms with Gasteiger partial charge in [-0.3, -0.25) is 4.98 Å². The highest BCUT2D eigenvalue weighted by Gasteiger charge is 2.05. The zero-order chi connectivity index (χ0) is 8.27. The second kappa shape index (κ2) is 3.43. The molecule has 0 aliphatic carbocycles. The molecule has 6 heteroatoms. The molecule has 1 aromatic rings. The van der Waals surface area contributed by atoms with Crippen molar-refractivity contribution in [2.45, 2.75) is 6.61 Å². The summed E-state index contributed by atoms with van der Waals surface area (Å²) in [4.78, 5) is 6.90. The van der Waals surface area contributed by atoms with E-state index in [4.69, 9.17) is 11.6 Å². The van der Waals surface area contributed by atoms with Crippen LogP contribution in [0.1, 0.15) is 0 Å². The van der Waals surface area contributed by atoms with Crippen LogP contribution in [0.5, 0.6) is 5.88 Å². The van der Waals surface area contributed by atoms with Gasteiger partial charge in [0.15, 0.2) is 5.15 Å². The van der Waals surface area contributed by atoms with Crippen LogP contribution in [0, 0.1) is 0 Å². The fourth-order valence-electron chi connectivity index (χ4n) is 0.474. The molecular weight excluding hydrogens is 178 g/mol. The van der Waals surface area contributed by atoms with Gasteiger partial charge in [0, 0.05) is 0 Å². The molecule has 0 spiro atoms. The van der Waals surface area contributed by atoms with E-state index in [1.54, 1.807) is 0 Å². The lowest BCUT2D eigenvalue weighted by molar-refractivity contribution is -0.0530. The van der Waals surface area contributed by atoms with E-state index < -0.39 is 6.61 Å². The van der Waals surface area contributed by atoms with Crippen molar-refractivity contribution >= 4 is 11.6 Å². The molecule has 0 saturated carbocycles. The molecule has 0 fully saturated rings. The maximum Gasteiger partial charge on any atom is 0.388 e. The van der Waals surface area contributed by atoms with Gasteiger partial charge in [0.25, 0.3) is 0 Å². The standard InChI is InChI=1S/C5H3ClF2N2O/c6-3-1-9-2-4(10-3)11-5(7)8/h1-2,5H. The van der Waals surface area contributed by atoms with Gasteiger partial charge in [0.1, 0.15) is 0 Å². The maximum atomic E-state index is 11.5. The Kier molecular flexibility index (Phi) is 2.53. The third kappa shape index (κ3) is 2.63. The van der Waals surface area contributed by atoms with Gasteiger partial charge in [-0.1, -0.05) is 11.6 Å². The second-order valence-corrected chi connectivity index (χ2v) is 1.95. The van der Waals surface area contributed by atoms with E-state index in [9.17, 15) is 8.78 Å². The Hall–Kier alpha value is -0.970. The van der Waals surface area contributed by atoms with Crippen LogP contribution in [0.25, 0.3) is 0 Å². The average Bonchev–Trinajstić information content (AvgIpc) is 1.85. The molecule has 0 aliphatic heterocycles. The van der Waals surface area contributed by atoms with Gasteiger partial charge in [-0.05, 0) is 0 Å². The first-order valence-corrected chi connectivity index (χ1v) is 2.98. The van der Waals surface area contributed by atoms with Crippen molar-refractivity contribution in [1.29, 1.82) is 0 Å². The second-order valence-electron chi connectivity index (χ2n) is 1.56. The smallest absolute Gasteiger partial charge is 0.388 e. The predicted octanol–water partition coefficient (Wildman–Crippen LogP) is 1.73.